The molecule has 0 saturated carbocycles. The number of nitrogens with zero attached hydrogens (tertiary/aromatic N) is 4. The Morgan fingerprint density at radius 2 is 1.94 bits per heavy atom. The summed E-state index contributed by atoms with van der Waals surface area (Å²) in [7, 11) is 0. The lowest BCUT2D eigenvalue weighted by Gasteiger charge is -2.25. The SMILES string of the molecule is CCNC(=O)Nc1cc(-c2nc(-c3ccccc3)cs2)c(-c2cc3c(=O)c(C(=O)O)cn(CC4CCCN4CC)c3cc2OCCN)cn1. The predicted octanol–water partition coefficient (Wildman–Crippen LogP) is 5.52. The van der Waals surface area contributed by atoms with Crippen LogP contribution in [0.1, 0.15) is 37.0 Å². The number of carboxylic acids is 1. The van der Waals surface area contributed by atoms with E-state index in [4.69, 9.17) is 15.5 Å². The maximum absolute atomic E-state index is 13.8. The fraction of sp³-hybridized carbons (Fsp3) is 0.306. The number of carbonyl (C=O) groups is 2. The number of benzene rings is 2. The minimum atomic E-state index is -1.29. The molecule has 1 fully saturated rings. The van der Waals surface area contributed by atoms with Gasteiger partial charge in [0, 0.05) is 77.2 Å². The molecule has 2 amide bonds. The van der Waals surface area contributed by atoms with E-state index in [9.17, 15) is 19.5 Å². The van der Waals surface area contributed by atoms with E-state index in [0.29, 0.717) is 51.9 Å². The quantitative estimate of drug-likeness (QED) is 0.133. The number of hydrogen-bond acceptors (Lipinski definition) is 9. The highest BCUT2D eigenvalue weighted by Crippen LogP contribution is 2.42. The number of urea groups is 1. The summed E-state index contributed by atoms with van der Waals surface area (Å²) in [6.45, 7) is 7.22. The van der Waals surface area contributed by atoms with Crippen molar-refractivity contribution in [3.63, 3.8) is 0 Å². The Kier molecular flexibility index (Phi) is 10.3. The van der Waals surface area contributed by atoms with Gasteiger partial charge in [-0.05, 0) is 45.0 Å². The van der Waals surface area contributed by atoms with Gasteiger partial charge in [0.1, 0.15) is 28.7 Å². The van der Waals surface area contributed by atoms with Crippen LogP contribution in [0.15, 0.2) is 71.1 Å². The van der Waals surface area contributed by atoms with Crippen LogP contribution in [0, 0.1) is 0 Å². The van der Waals surface area contributed by atoms with Gasteiger partial charge in [-0.25, -0.2) is 19.6 Å². The molecule has 4 heterocycles. The lowest BCUT2D eigenvalue weighted by molar-refractivity contribution is 0.0694. The van der Waals surface area contributed by atoms with Gasteiger partial charge in [0.2, 0.25) is 5.43 Å². The second-order valence-electron chi connectivity index (χ2n) is 11.8. The number of likely N-dealkylation sites (N-methyl/N-ethyl adjacent to an activating group) is 1. The summed E-state index contributed by atoms with van der Waals surface area (Å²) in [5.74, 6) is -0.525. The van der Waals surface area contributed by atoms with Gasteiger partial charge >= 0.3 is 12.0 Å². The summed E-state index contributed by atoms with van der Waals surface area (Å²) < 4.78 is 8.10. The van der Waals surface area contributed by atoms with E-state index in [1.807, 2.05) is 47.2 Å². The molecule has 5 N–H and O–H groups in total. The molecule has 12 nitrogen and oxygen atoms in total. The van der Waals surface area contributed by atoms with Gasteiger partial charge in [0.25, 0.3) is 0 Å². The lowest BCUT2D eigenvalue weighted by atomic mass is 9.97. The van der Waals surface area contributed by atoms with Gasteiger partial charge in [-0.3, -0.25) is 15.0 Å². The molecule has 5 aromatic rings. The van der Waals surface area contributed by atoms with E-state index in [0.717, 1.165) is 37.2 Å². The highest BCUT2D eigenvalue weighted by atomic mass is 32.1. The van der Waals surface area contributed by atoms with E-state index in [-0.39, 0.29) is 30.1 Å². The third kappa shape index (κ3) is 7.19. The van der Waals surface area contributed by atoms with Crippen molar-refractivity contribution in [1.29, 1.82) is 0 Å². The molecule has 1 saturated heterocycles. The minimum absolute atomic E-state index is 0.204. The van der Waals surface area contributed by atoms with E-state index >= 15 is 0 Å². The van der Waals surface area contributed by atoms with Crippen molar-refractivity contribution in [1.82, 2.24) is 24.8 Å². The first kappa shape index (κ1) is 33.8. The Hall–Kier alpha value is -5.11. The van der Waals surface area contributed by atoms with E-state index in [2.05, 4.69) is 27.4 Å². The van der Waals surface area contributed by atoms with Crippen molar-refractivity contribution >= 4 is 40.1 Å². The van der Waals surface area contributed by atoms with Crippen molar-refractivity contribution in [2.75, 3.05) is 38.1 Å². The highest BCUT2D eigenvalue weighted by Gasteiger charge is 2.26. The molecule has 0 radical (unpaired) electrons. The number of thiazole rings is 1. The number of nitrogens with one attached hydrogen (secondary N) is 2. The summed E-state index contributed by atoms with van der Waals surface area (Å²) in [4.78, 5) is 50.5. The topological polar surface area (TPSA) is 165 Å². The number of amides is 2. The molecule has 13 heteroatoms. The number of fused-ring (bicyclic) bond motifs is 1. The smallest absolute Gasteiger partial charge is 0.341 e. The van der Waals surface area contributed by atoms with E-state index in [1.165, 1.54) is 17.5 Å². The third-order valence-corrected chi connectivity index (χ3v) is 9.55. The fourth-order valence-corrected chi connectivity index (χ4v) is 7.20. The molecule has 0 aliphatic carbocycles. The number of aromatic nitrogens is 3. The highest BCUT2D eigenvalue weighted by molar-refractivity contribution is 7.13. The van der Waals surface area contributed by atoms with Gasteiger partial charge in [-0.15, -0.1) is 11.3 Å². The van der Waals surface area contributed by atoms with Crippen LogP contribution in [0.25, 0.3) is 43.9 Å². The Bertz CT molecular complexity index is 2050. The summed E-state index contributed by atoms with van der Waals surface area (Å²) >= 11 is 1.43. The van der Waals surface area contributed by atoms with Crippen molar-refractivity contribution in [2.45, 2.75) is 39.3 Å². The Balaban J connectivity index is 1.56. The number of carboxylic acid groups (broad SMARTS) is 1. The van der Waals surface area contributed by atoms with Crippen LogP contribution in [0.4, 0.5) is 10.6 Å². The van der Waals surface area contributed by atoms with Crippen molar-refractivity contribution in [3.05, 3.63) is 82.1 Å². The first-order chi connectivity index (χ1) is 23.8. The lowest BCUT2D eigenvalue weighted by Crippen LogP contribution is -2.33. The normalized spacial score (nSPS) is 14.6. The number of anilines is 1. The maximum Gasteiger partial charge on any atom is 0.341 e. The third-order valence-electron chi connectivity index (χ3n) is 8.68. The van der Waals surface area contributed by atoms with Crippen LogP contribution in [0.2, 0.25) is 0 Å². The van der Waals surface area contributed by atoms with Gasteiger partial charge in [-0.2, -0.15) is 0 Å². The number of hydrogen-bond donors (Lipinski definition) is 4. The number of rotatable bonds is 12. The van der Waals surface area contributed by atoms with Crippen LogP contribution in [-0.2, 0) is 6.54 Å². The molecule has 0 bridgehead atoms. The van der Waals surface area contributed by atoms with Gasteiger partial charge in [0.15, 0.2) is 0 Å². The molecule has 1 unspecified atom stereocenters. The predicted molar refractivity (Wildman–Crippen MR) is 192 cm³/mol. The zero-order valence-electron chi connectivity index (χ0n) is 27.4. The largest absolute Gasteiger partial charge is 0.492 e. The zero-order chi connectivity index (χ0) is 34.5. The van der Waals surface area contributed by atoms with Crippen molar-refractivity contribution in [3.8, 4) is 38.7 Å². The number of ether oxygens (including phenoxy) is 1. The van der Waals surface area contributed by atoms with Crippen LogP contribution in [0.3, 0.4) is 0 Å². The Morgan fingerprint density at radius 3 is 2.67 bits per heavy atom. The van der Waals surface area contributed by atoms with Gasteiger partial charge < -0.3 is 25.5 Å². The second kappa shape index (κ2) is 15.0. The molecule has 1 aliphatic heterocycles. The number of aromatic carboxylic acids is 1. The monoisotopic (exact) mass is 681 g/mol. The first-order valence-electron chi connectivity index (χ1n) is 16.4. The summed E-state index contributed by atoms with van der Waals surface area (Å²) in [6.07, 6.45) is 5.08. The van der Waals surface area contributed by atoms with E-state index < -0.39 is 17.4 Å². The summed E-state index contributed by atoms with van der Waals surface area (Å²) in [6, 6.07) is 14.8. The molecule has 0 spiro atoms. The number of nitrogens with two attached hydrogens (primary N) is 1. The van der Waals surface area contributed by atoms with Gasteiger partial charge in [-0.1, -0.05) is 37.3 Å². The van der Waals surface area contributed by atoms with E-state index in [1.54, 1.807) is 24.4 Å². The molecule has 254 valence electrons. The second-order valence-corrected chi connectivity index (χ2v) is 12.6. The zero-order valence-corrected chi connectivity index (χ0v) is 28.3. The molecular formula is C36H39N7O5S. The molecular weight excluding hydrogens is 643 g/mol. The minimum Gasteiger partial charge on any atom is -0.492 e. The standard InChI is InChI=1S/C36H39N7O5S/c1-3-38-36(47)41-32-16-25(34-40-29(21-49-34)22-9-6-5-7-10-22)27(18-39-32)24-15-26-30(17-31(24)48-14-12-37)43(20-28(33(26)44)35(45)46)19-23-11-8-13-42(23)4-2/h5-7,9-10,15-18,20-21,23H,3-4,8,11-14,19,37H2,1-2H3,(H,45,46)(H2,38,39,41,47). The Labute approximate surface area is 287 Å². The average molecular weight is 682 g/mol. The number of carbonyl (C=O) groups excluding carboxylic acids is 1. The number of pyridine rings is 2. The Morgan fingerprint density at radius 1 is 1.12 bits per heavy atom. The molecule has 2 aromatic carbocycles. The molecule has 1 atom stereocenters. The van der Waals surface area contributed by atoms with Crippen LogP contribution < -0.4 is 26.5 Å². The maximum atomic E-state index is 13.8. The number of likely N-dealkylation sites (tertiary alicyclic amines) is 1. The van der Waals surface area contributed by atoms with Crippen molar-refractivity contribution in [2.24, 2.45) is 5.73 Å². The summed E-state index contributed by atoms with van der Waals surface area (Å²) in [5.41, 5.74) is 9.03. The molecule has 6 rings (SSSR count). The van der Waals surface area contributed by atoms with Gasteiger partial charge in [0.05, 0.1) is 11.2 Å². The van der Waals surface area contributed by atoms with Crippen LogP contribution >= 0.6 is 11.3 Å². The first-order valence-corrected chi connectivity index (χ1v) is 17.3. The van der Waals surface area contributed by atoms with Crippen LogP contribution in [0.5, 0.6) is 5.75 Å². The fourth-order valence-electron chi connectivity index (χ4n) is 6.34. The van der Waals surface area contributed by atoms with Crippen molar-refractivity contribution < 1.29 is 19.4 Å². The van der Waals surface area contributed by atoms with Crippen LogP contribution in [-0.4, -0.2) is 75.4 Å². The average Bonchev–Trinajstić information content (AvgIpc) is 3.79. The molecule has 49 heavy (non-hydrogen) atoms. The molecule has 3 aromatic heterocycles. The summed E-state index contributed by atoms with van der Waals surface area (Å²) in [5, 5.41) is 18.4. The molecule has 1 aliphatic rings.